The zero-order valence-electron chi connectivity index (χ0n) is 11.5. The maximum absolute atomic E-state index is 8.84. The lowest BCUT2D eigenvalue weighted by molar-refractivity contribution is 0.475. The van der Waals surface area contributed by atoms with Crippen molar-refractivity contribution in [2.75, 3.05) is 18.4 Å². The summed E-state index contributed by atoms with van der Waals surface area (Å²) < 4.78 is 2.13. The fraction of sp³-hybridized carbons (Fsp3) is 0.467. The molecule has 1 aromatic carbocycles. The van der Waals surface area contributed by atoms with E-state index in [1.165, 1.54) is 0 Å². The molecule has 0 saturated carbocycles. The van der Waals surface area contributed by atoms with Crippen molar-refractivity contribution in [3.63, 3.8) is 0 Å². The van der Waals surface area contributed by atoms with Crippen LogP contribution in [0.15, 0.2) is 24.3 Å². The van der Waals surface area contributed by atoms with Crippen LogP contribution >= 0.6 is 0 Å². The van der Waals surface area contributed by atoms with Gasteiger partial charge in [-0.3, -0.25) is 0 Å². The quantitative estimate of drug-likeness (QED) is 0.892. The van der Waals surface area contributed by atoms with Crippen molar-refractivity contribution in [2.24, 2.45) is 0 Å². The molecule has 20 heavy (non-hydrogen) atoms. The van der Waals surface area contributed by atoms with E-state index >= 15 is 0 Å². The van der Waals surface area contributed by atoms with Crippen LogP contribution in [0.2, 0.25) is 0 Å². The second-order valence-corrected chi connectivity index (χ2v) is 5.15. The van der Waals surface area contributed by atoms with Crippen molar-refractivity contribution in [3.05, 3.63) is 24.3 Å². The topological polar surface area (TPSA) is 65.7 Å². The SMILES string of the molecule is N#CCCn1c(NC2CCNCC2)nc2ccccc21. The molecule has 2 aromatic rings. The minimum absolute atomic E-state index is 0.467. The molecule has 0 aliphatic carbocycles. The average molecular weight is 269 g/mol. The fourth-order valence-electron chi connectivity index (χ4n) is 2.72. The van der Waals surface area contributed by atoms with Gasteiger partial charge in [0.1, 0.15) is 0 Å². The van der Waals surface area contributed by atoms with Crippen LogP contribution < -0.4 is 10.6 Å². The number of rotatable bonds is 4. The van der Waals surface area contributed by atoms with Gasteiger partial charge >= 0.3 is 0 Å². The van der Waals surface area contributed by atoms with Gasteiger partial charge < -0.3 is 15.2 Å². The van der Waals surface area contributed by atoms with Gasteiger partial charge in [-0.15, -0.1) is 0 Å². The predicted octanol–water partition coefficient (Wildman–Crippen LogP) is 2.11. The molecule has 3 rings (SSSR count). The maximum atomic E-state index is 8.84. The van der Waals surface area contributed by atoms with E-state index in [4.69, 9.17) is 5.26 Å². The standard InChI is InChI=1S/C15H19N5/c16-8-3-11-20-14-5-2-1-4-13(14)19-15(20)18-12-6-9-17-10-7-12/h1-2,4-5,12,17H,3,6-7,9-11H2,(H,18,19). The third-order valence-corrected chi connectivity index (χ3v) is 3.77. The molecule has 104 valence electrons. The largest absolute Gasteiger partial charge is 0.353 e. The molecule has 5 nitrogen and oxygen atoms in total. The second kappa shape index (κ2) is 5.93. The van der Waals surface area contributed by atoms with Crippen molar-refractivity contribution in [1.29, 1.82) is 5.26 Å². The highest BCUT2D eigenvalue weighted by Gasteiger charge is 2.16. The Morgan fingerprint density at radius 3 is 2.95 bits per heavy atom. The molecule has 1 aliphatic rings. The van der Waals surface area contributed by atoms with Gasteiger partial charge in [0, 0.05) is 12.6 Å². The summed E-state index contributed by atoms with van der Waals surface area (Å²) in [6.45, 7) is 2.79. The molecule has 1 fully saturated rings. The number of imidazole rings is 1. The van der Waals surface area contributed by atoms with Crippen LogP contribution in [0, 0.1) is 11.3 Å². The van der Waals surface area contributed by atoms with Gasteiger partial charge in [0.25, 0.3) is 0 Å². The Bertz CT molecular complexity index is 619. The number of fused-ring (bicyclic) bond motifs is 1. The number of piperidine rings is 1. The Kier molecular flexibility index (Phi) is 3.84. The minimum Gasteiger partial charge on any atom is -0.353 e. The number of hydrogen-bond acceptors (Lipinski definition) is 4. The molecule has 2 heterocycles. The van der Waals surface area contributed by atoms with Crippen molar-refractivity contribution in [1.82, 2.24) is 14.9 Å². The number of benzene rings is 1. The molecule has 0 unspecified atom stereocenters. The Morgan fingerprint density at radius 2 is 2.15 bits per heavy atom. The van der Waals surface area contributed by atoms with Gasteiger partial charge in [-0.05, 0) is 38.1 Å². The molecular weight excluding hydrogens is 250 g/mol. The average Bonchev–Trinajstić information content (AvgIpc) is 2.83. The molecule has 2 N–H and O–H groups in total. The Hall–Kier alpha value is -2.06. The smallest absolute Gasteiger partial charge is 0.204 e. The van der Waals surface area contributed by atoms with Crippen LogP contribution in [0.3, 0.4) is 0 Å². The predicted molar refractivity (Wildman–Crippen MR) is 79.5 cm³/mol. The lowest BCUT2D eigenvalue weighted by Gasteiger charge is -2.24. The summed E-state index contributed by atoms with van der Waals surface area (Å²) in [6, 6.07) is 10.8. The van der Waals surface area contributed by atoms with E-state index in [9.17, 15) is 0 Å². The Balaban J connectivity index is 1.89. The van der Waals surface area contributed by atoms with Gasteiger partial charge in [-0.1, -0.05) is 12.1 Å². The van der Waals surface area contributed by atoms with Crippen LogP contribution in [0.25, 0.3) is 11.0 Å². The summed E-state index contributed by atoms with van der Waals surface area (Å²) in [6.07, 6.45) is 2.73. The van der Waals surface area contributed by atoms with E-state index in [1.54, 1.807) is 0 Å². The van der Waals surface area contributed by atoms with E-state index in [-0.39, 0.29) is 0 Å². The van der Waals surface area contributed by atoms with Crippen molar-refractivity contribution < 1.29 is 0 Å². The normalized spacial score (nSPS) is 16.1. The van der Waals surface area contributed by atoms with Gasteiger partial charge in [0.15, 0.2) is 0 Å². The van der Waals surface area contributed by atoms with Crippen LogP contribution in [-0.2, 0) is 6.54 Å². The number of hydrogen-bond donors (Lipinski definition) is 2. The second-order valence-electron chi connectivity index (χ2n) is 5.15. The summed E-state index contributed by atoms with van der Waals surface area (Å²) >= 11 is 0. The van der Waals surface area contributed by atoms with Crippen molar-refractivity contribution >= 4 is 17.0 Å². The van der Waals surface area contributed by atoms with E-state index in [1.807, 2.05) is 18.2 Å². The van der Waals surface area contributed by atoms with Gasteiger partial charge in [-0.25, -0.2) is 4.98 Å². The highest BCUT2D eigenvalue weighted by Crippen LogP contribution is 2.21. The van der Waals surface area contributed by atoms with E-state index < -0.39 is 0 Å². The van der Waals surface area contributed by atoms with Crippen LogP contribution in [0.5, 0.6) is 0 Å². The molecule has 0 radical (unpaired) electrons. The lowest BCUT2D eigenvalue weighted by Crippen LogP contribution is -2.36. The van der Waals surface area contributed by atoms with Gasteiger partial charge in [0.2, 0.25) is 5.95 Å². The van der Waals surface area contributed by atoms with Gasteiger partial charge in [0.05, 0.1) is 23.5 Å². The first-order valence-corrected chi connectivity index (χ1v) is 7.18. The third-order valence-electron chi connectivity index (χ3n) is 3.77. The molecule has 0 bridgehead atoms. The summed E-state index contributed by atoms with van der Waals surface area (Å²) in [7, 11) is 0. The van der Waals surface area contributed by atoms with E-state index in [2.05, 4.69) is 32.3 Å². The monoisotopic (exact) mass is 269 g/mol. The molecule has 1 aliphatic heterocycles. The van der Waals surface area contributed by atoms with E-state index in [0.717, 1.165) is 42.9 Å². The molecule has 0 atom stereocenters. The summed E-state index contributed by atoms with van der Waals surface area (Å²) in [5.41, 5.74) is 2.08. The molecular formula is C15H19N5. The highest BCUT2D eigenvalue weighted by molar-refractivity contribution is 5.78. The maximum Gasteiger partial charge on any atom is 0.204 e. The summed E-state index contributed by atoms with van der Waals surface area (Å²) in [5.74, 6) is 0.897. The fourth-order valence-corrected chi connectivity index (χ4v) is 2.72. The number of aryl methyl sites for hydroxylation is 1. The zero-order chi connectivity index (χ0) is 13.8. The number of aromatic nitrogens is 2. The lowest BCUT2D eigenvalue weighted by atomic mass is 10.1. The first kappa shape index (κ1) is 12.9. The number of anilines is 1. The number of nitrogens with zero attached hydrogens (tertiary/aromatic N) is 3. The summed E-state index contributed by atoms with van der Waals surface area (Å²) in [5, 5.41) is 15.8. The first-order valence-electron chi connectivity index (χ1n) is 7.18. The molecule has 1 saturated heterocycles. The summed E-state index contributed by atoms with van der Waals surface area (Å²) in [4.78, 5) is 4.68. The third kappa shape index (κ3) is 2.61. The number of nitriles is 1. The molecule has 5 heteroatoms. The molecule has 0 amide bonds. The first-order chi connectivity index (χ1) is 9.88. The van der Waals surface area contributed by atoms with Crippen molar-refractivity contribution in [2.45, 2.75) is 31.8 Å². The van der Waals surface area contributed by atoms with Crippen LogP contribution in [0.1, 0.15) is 19.3 Å². The van der Waals surface area contributed by atoms with Crippen LogP contribution in [-0.4, -0.2) is 28.7 Å². The minimum atomic E-state index is 0.467. The van der Waals surface area contributed by atoms with Crippen molar-refractivity contribution in [3.8, 4) is 6.07 Å². The molecule has 1 aromatic heterocycles. The van der Waals surface area contributed by atoms with E-state index in [0.29, 0.717) is 19.0 Å². The number of nitrogens with one attached hydrogen (secondary N) is 2. The van der Waals surface area contributed by atoms with Crippen LogP contribution in [0.4, 0.5) is 5.95 Å². The zero-order valence-corrected chi connectivity index (χ0v) is 11.5. The molecule has 0 spiro atoms. The van der Waals surface area contributed by atoms with Gasteiger partial charge in [-0.2, -0.15) is 5.26 Å². The Morgan fingerprint density at radius 1 is 1.35 bits per heavy atom. The Labute approximate surface area is 118 Å². The number of para-hydroxylation sites is 2. The highest BCUT2D eigenvalue weighted by atomic mass is 15.2.